The molecule has 0 spiro atoms. The van der Waals surface area contributed by atoms with Crippen molar-refractivity contribution in [2.45, 2.75) is 25.3 Å². The van der Waals surface area contributed by atoms with Crippen molar-refractivity contribution in [3.63, 3.8) is 0 Å². The zero-order valence-corrected chi connectivity index (χ0v) is 14.4. The second kappa shape index (κ2) is 6.67. The molecule has 0 saturated carbocycles. The lowest BCUT2D eigenvalue weighted by Gasteiger charge is -2.32. The molecule has 7 heteroatoms. The summed E-state index contributed by atoms with van der Waals surface area (Å²) in [5.41, 5.74) is 6.88. The predicted molar refractivity (Wildman–Crippen MR) is 97.6 cm³/mol. The van der Waals surface area contributed by atoms with Crippen molar-refractivity contribution < 1.29 is 9.59 Å². The number of hydrogen-bond donors (Lipinski definition) is 2. The number of para-hydroxylation sites is 1. The maximum Gasteiger partial charge on any atom is 0.270 e. The van der Waals surface area contributed by atoms with Crippen LogP contribution in [0.25, 0.3) is 10.9 Å². The Morgan fingerprint density at radius 2 is 2.15 bits per heavy atom. The zero-order chi connectivity index (χ0) is 18.1. The van der Waals surface area contributed by atoms with Crippen molar-refractivity contribution >= 4 is 22.7 Å². The van der Waals surface area contributed by atoms with Crippen LogP contribution in [-0.4, -0.2) is 44.3 Å². The van der Waals surface area contributed by atoms with Gasteiger partial charge in [-0.2, -0.15) is 0 Å². The Bertz CT molecular complexity index is 925. The number of aromatic amines is 1. The second-order valence-corrected chi connectivity index (χ2v) is 6.74. The van der Waals surface area contributed by atoms with Gasteiger partial charge in [-0.3, -0.25) is 9.59 Å². The van der Waals surface area contributed by atoms with Gasteiger partial charge in [0.2, 0.25) is 5.91 Å². The van der Waals surface area contributed by atoms with E-state index in [-0.39, 0.29) is 18.4 Å². The van der Waals surface area contributed by atoms with Crippen LogP contribution in [0, 0.1) is 0 Å². The van der Waals surface area contributed by atoms with Crippen LogP contribution < -0.4 is 5.73 Å². The number of likely N-dealkylation sites (tertiary alicyclic amines) is 1. The molecule has 1 fully saturated rings. The van der Waals surface area contributed by atoms with Gasteiger partial charge < -0.3 is 20.2 Å². The molecule has 7 nitrogen and oxygen atoms in total. The van der Waals surface area contributed by atoms with Crippen molar-refractivity contribution in [2.24, 2.45) is 5.73 Å². The Labute approximate surface area is 150 Å². The van der Waals surface area contributed by atoms with E-state index in [1.165, 1.54) is 0 Å². The molecule has 3 heterocycles. The van der Waals surface area contributed by atoms with Gasteiger partial charge >= 0.3 is 0 Å². The van der Waals surface area contributed by atoms with Crippen LogP contribution in [0.4, 0.5) is 0 Å². The van der Waals surface area contributed by atoms with E-state index in [1.54, 1.807) is 17.0 Å². The molecule has 134 valence electrons. The minimum Gasteiger partial charge on any atom is -0.368 e. The van der Waals surface area contributed by atoms with Crippen LogP contribution in [0.15, 0.2) is 42.7 Å². The normalized spacial score (nSPS) is 17.5. The van der Waals surface area contributed by atoms with E-state index < -0.39 is 5.91 Å². The number of carbonyl (C=O) groups excluding carboxylic acids is 2. The van der Waals surface area contributed by atoms with Gasteiger partial charge in [-0.05, 0) is 25.0 Å². The van der Waals surface area contributed by atoms with Crippen molar-refractivity contribution in [3.05, 3.63) is 54.2 Å². The maximum atomic E-state index is 12.9. The lowest BCUT2D eigenvalue weighted by atomic mass is 9.96. The van der Waals surface area contributed by atoms with Crippen LogP contribution in [-0.2, 0) is 11.3 Å². The number of amides is 2. The fourth-order valence-corrected chi connectivity index (χ4v) is 3.71. The molecule has 3 N–H and O–H groups in total. The van der Waals surface area contributed by atoms with Gasteiger partial charge in [-0.15, -0.1) is 0 Å². The molecule has 0 aliphatic carbocycles. The number of primary amides is 1. The zero-order valence-electron chi connectivity index (χ0n) is 14.4. The lowest BCUT2D eigenvalue weighted by molar-refractivity contribution is -0.118. The third-order valence-electron chi connectivity index (χ3n) is 4.91. The van der Waals surface area contributed by atoms with Gasteiger partial charge in [-0.25, -0.2) is 4.98 Å². The van der Waals surface area contributed by atoms with Crippen molar-refractivity contribution in [1.82, 2.24) is 19.4 Å². The van der Waals surface area contributed by atoms with Crippen LogP contribution in [0.3, 0.4) is 0 Å². The van der Waals surface area contributed by atoms with Gasteiger partial charge in [0.15, 0.2) is 0 Å². The molecule has 3 aromatic rings. The van der Waals surface area contributed by atoms with Crippen molar-refractivity contribution in [3.8, 4) is 0 Å². The molecule has 0 radical (unpaired) electrons. The predicted octanol–water partition coefficient (Wildman–Crippen LogP) is 1.87. The highest BCUT2D eigenvalue weighted by Crippen LogP contribution is 2.27. The summed E-state index contributed by atoms with van der Waals surface area (Å²) in [6.07, 6.45) is 5.28. The second-order valence-electron chi connectivity index (χ2n) is 6.74. The molecule has 4 rings (SSSR count). The number of imidazole rings is 1. The Morgan fingerprint density at radius 1 is 1.31 bits per heavy atom. The monoisotopic (exact) mass is 351 g/mol. The highest BCUT2D eigenvalue weighted by molar-refractivity contribution is 5.98. The fourth-order valence-electron chi connectivity index (χ4n) is 3.71. The van der Waals surface area contributed by atoms with Gasteiger partial charge in [-0.1, -0.05) is 18.2 Å². The number of carbonyl (C=O) groups is 2. The average molecular weight is 351 g/mol. The Hall–Kier alpha value is -3.09. The molecule has 2 aromatic heterocycles. The van der Waals surface area contributed by atoms with E-state index in [2.05, 4.69) is 9.97 Å². The Morgan fingerprint density at radius 3 is 2.96 bits per heavy atom. The molecule has 2 amide bonds. The number of aromatic nitrogens is 3. The first-order chi connectivity index (χ1) is 12.6. The first kappa shape index (κ1) is 16.4. The number of nitrogens with one attached hydrogen (secondary N) is 1. The number of H-pyrrole nitrogens is 1. The quantitative estimate of drug-likeness (QED) is 0.751. The smallest absolute Gasteiger partial charge is 0.270 e. The summed E-state index contributed by atoms with van der Waals surface area (Å²) in [7, 11) is 0. The third-order valence-corrected chi connectivity index (χ3v) is 4.91. The van der Waals surface area contributed by atoms with E-state index in [9.17, 15) is 9.59 Å². The maximum absolute atomic E-state index is 12.9. The molecule has 26 heavy (non-hydrogen) atoms. The highest BCUT2D eigenvalue weighted by atomic mass is 16.2. The standard InChI is InChI=1S/C19H21N5O2/c20-17(25)12-23-9-7-21-18(23)14-5-3-8-24(11-14)19(26)16-10-13-4-1-2-6-15(13)22-16/h1-2,4,6-7,9-10,14,22H,3,5,8,11-12H2,(H2,20,25). The number of nitrogens with zero attached hydrogens (tertiary/aromatic N) is 3. The van der Waals surface area contributed by atoms with E-state index in [0.717, 1.165) is 36.1 Å². The molecular weight excluding hydrogens is 330 g/mol. The van der Waals surface area contributed by atoms with Gasteiger partial charge in [0.25, 0.3) is 5.91 Å². The summed E-state index contributed by atoms with van der Waals surface area (Å²) in [4.78, 5) is 33.7. The summed E-state index contributed by atoms with van der Waals surface area (Å²) >= 11 is 0. The summed E-state index contributed by atoms with van der Waals surface area (Å²) < 4.78 is 1.78. The molecule has 1 saturated heterocycles. The van der Waals surface area contributed by atoms with Gasteiger partial charge in [0.05, 0.1) is 0 Å². The van der Waals surface area contributed by atoms with Gasteiger partial charge in [0, 0.05) is 42.3 Å². The van der Waals surface area contributed by atoms with Crippen LogP contribution in [0.2, 0.25) is 0 Å². The van der Waals surface area contributed by atoms with Crippen LogP contribution in [0.1, 0.15) is 35.1 Å². The van der Waals surface area contributed by atoms with Crippen molar-refractivity contribution in [1.29, 1.82) is 0 Å². The number of benzene rings is 1. The minimum atomic E-state index is -0.397. The Kier molecular flexibility index (Phi) is 4.20. The highest BCUT2D eigenvalue weighted by Gasteiger charge is 2.28. The topological polar surface area (TPSA) is 97.0 Å². The summed E-state index contributed by atoms with van der Waals surface area (Å²) in [5, 5.41) is 1.03. The minimum absolute atomic E-state index is 0.00101. The molecule has 1 aliphatic heterocycles. The molecule has 1 atom stereocenters. The van der Waals surface area contributed by atoms with E-state index >= 15 is 0 Å². The first-order valence-corrected chi connectivity index (χ1v) is 8.78. The van der Waals surface area contributed by atoms with Gasteiger partial charge in [0.1, 0.15) is 18.1 Å². The number of piperidine rings is 1. The van der Waals surface area contributed by atoms with E-state index in [0.29, 0.717) is 12.2 Å². The molecule has 1 aliphatic rings. The number of rotatable bonds is 4. The number of hydrogen-bond acceptors (Lipinski definition) is 3. The largest absolute Gasteiger partial charge is 0.368 e. The molecule has 1 aromatic carbocycles. The third kappa shape index (κ3) is 3.08. The number of nitrogens with two attached hydrogens (primary N) is 1. The molecule has 0 bridgehead atoms. The summed E-state index contributed by atoms with van der Waals surface area (Å²) in [6, 6.07) is 9.76. The average Bonchev–Trinajstić information content (AvgIpc) is 3.27. The van der Waals surface area contributed by atoms with E-state index in [4.69, 9.17) is 5.73 Å². The molecular formula is C19H21N5O2. The first-order valence-electron chi connectivity index (χ1n) is 8.78. The fraction of sp³-hybridized carbons (Fsp3) is 0.316. The number of fused-ring (bicyclic) bond motifs is 1. The van der Waals surface area contributed by atoms with Crippen LogP contribution in [0.5, 0.6) is 0 Å². The molecule has 1 unspecified atom stereocenters. The van der Waals surface area contributed by atoms with Crippen LogP contribution >= 0.6 is 0 Å². The lowest BCUT2D eigenvalue weighted by Crippen LogP contribution is -2.40. The Balaban J connectivity index is 1.54. The summed E-state index contributed by atoms with van der Waals surface area (Å²) in [6.45, 7) is 1.42. The van der Waals surface area contributed by atoms with E-state index in [1.807, 2.05) is 35.2 Å². The SMILES string of the molecule is NC(=O)Cn1ccnc1C1CCCN(C(=O)c2cc3ccccc3[nH]2)C1. The van der Waals surface area contributed by atoms with Crippen molar-refractivity contribution in [2.75, 3.05) is 13.1 Å². The summed E-state index contributed by atoms with van der Waals surface area (Å²) in [5.74, 6) is 0.523.